The molecule has 1 amide bonds. The zero-order valence-electron chi connectivity index (χ0n) is 16.3. The molecule has 6 heteroatoms. The van der Waals surface area contributed by atoms with E-state index in [0.717, 1.165) is 57.8 Å². The number of amides is 1. The van der Waals surface area contributed by atoms with Gasteiger partial charge in [0.1, 0.15) is 11.3 Å². The van der Waals surface area contributed by atoms with Crippen molar-refractivity contribution in [2.45, 2.75) is 51.3 Å². The van der Waals surface area contributed by atoms with Crippen LogP contribution in [0.1, 0.15) is 42.2 Å². The van der Waals surface area contributed by atoms with Gasteiger partial charge in [0.25, 0.3) is 10.0 Å². The maximum atomic E-state index is 13.4. The number of rotatable bonds is 3. The van der Waals surface area contributed by atoms with Gasteiger partial charge < -0.3 is 4.42 Å². The Kier molecular flexibility index (Phi) is 4.54. The van der Waals surface area contributed by atoms with Gasteiger partial charge in [-0.3, -0.25) is 4.79 Å². The maximum absolute atomic E-state index is 13.4. The molecule has 3 aromatic rings. The Morgan fingerprint density at radius 2 is 1.79 bits per heavy atom. The van der Waals surface area contributed by atoms with E-state index in [1.807, 2.05) is 6.92 Å². The summed E-state index contributed by atoms with van der Waals surface area (Å²) in [5.41, 5.74) is 3.80. The molecule has 0 spiro atoms. The van der Waals surface area contributed by atoms with Crippen molar-refractivity contribution in [1.29, 1.82) is 0 Å². The SMILES string of the molecule is CC(=O)N(c1ccc2oc3c(c2c1)CCCC3)S(=O)(=O)c1ccc(C)cc1C. The van der Waals surface area contributed by atoms with Gasteiger partial charge in [-0.1, -0.05) is 17.7 Å². The topological polar surface area (TPSA) is 67.6 Å². The first-order valence-electron chi connectivity index (χ1n) is 9.46. The van der Waals surface area contributed by atoms with Gasteiger partial charge in [-0.25, -0.2) is 12.7 Å². The summed E-state index contributed by atoms with van der Waals surface area (Å²) in [6.45, 7) is 4.92. The summed E-state index contributed by atoms with van der Waals surface area (Å²) >= 11 is 0. The first-order chi connectivity index (χ1) is 13.3. The predicted octanol–water partition coefficient (Wildman–Crippen LogP) is 4.67. The summed E-state index contributed by atoms with van der Waals surface area (Å²) < 4.78 is 33.5. The molecule has 0 radical (unpaired) electrons. The molecule has 0 saturated heterocycles. The zero-order valence-corrected chi connectivity index (χ0v) is 17.1. The Labute approximate surface area is 165 Å². The lowest BCUT2D eigenvalue weighted by Gasteiger charge is -2.22. The monoisotopic (exact) mass is 397 g/mol. The molecule has 5 nitrogen and oxygen atoms in total. The van der Waals surface area contributed by atoms with Gasteiger partial charge >= 0.3 is 0 Å². The van der Waals surface area contributed by atoms with Crippen LogP contribution >= 0.6 is 0 Å². The smallest absolute Gasteiger partial charge is 0.271 e. The molecule has 0 bridgehead atoms. The van der Waals surface area contributed by atoms with E-state index in [2.05, 4.69) is 0 Å². The molecule has 1 heterocycles. The van der Waals surface area contributed by atoms with E-state index in [0.29, 0.717) is 11.3 Å². The van der Waals surface area contributed by atoms with Crippen molar-refractivity contribution in [3.63, 3.8) is 0 Å². The number of carbonyl (C=O) groups is 1. The Bertz CT molecular complexity index is 1190. The van der Waals surface area contributed by atoms with Crippen molar-refractivity contribution < 1.29 is 17.6 Å². The lowest BCUT2D eigenvalue weighted by atomic mass is 9.96. The van der Waals surface area contributed by atoms with E-state index >= 15 is 0 Å². The van der Waals surface area contributed by atoms with Crippen molar-refractivity contribution in [1.82, 2.24) is 0 Å². The highest BCUT2D eigenvalue weighted by molar-refractivity contribution is 7.93. The van der Waals surface area contributed by atoms with Crippen LogP contribution in [0.3, 0.4) is 0 Å². The Hall–Kier alpha value is -2.60. The van der Waals surface area contributed by atoms with E-state index in [4.69, 9.17) is 4.42 Å². The average Bonchev–Trinajstić information content (AvgIpc) is 2.99. The molecule has 1 aliphatic carbocycles. The number of benzene rings is 2. The summed E-state index contributed by atoms with van der Waals surface area (Å²) in [6.07, 6.45) is 4.00. The molecule has 0 unspecified atom stereocenters. The van der Waals surface area contributed by atoms with Crippen LogP contribution < -0.4 is 4.31 Å². The second-order valence-electron chi connectivity index (χ2n) is 7.45. The van der Waals surface area contributed by atoms with Gasteiger partial charge in [-0.05, 0) is 62.9 Å². The zero-order chi connectivity index (χ0) is 20.1. The average molecular weight is 397 g/mol. The maximum Gasteiger partial charge on any atom is 0.271 e. The molecule has 0 atom stereocenters. The van der Waals surface area contributed by atoms with E-state index < -0.39 is 15.9 Å². The van der Waals surface area contributed by atoms with Gasteiger partial charge in [-0.15, -0.1) is 0 Å². The molecule has 0 saturated carbocycles. The molecule has 146 valence electrons. The Balaban J connectivity index is 1.87. The van der Waals surface area contributed by atoms with E-state index in [9.17, 15) is 13.2 Å². The van der Waals surface area contributed by atoms with Crippen LogP contribution in [0.25, 0.3) is 11.0 Å². The molecule has 1 aromatic heterocycles. The fourth-order valence-electron chi connectivity index (χ4n) is 4.05. The van der Waals surface area contributed by atoms with Gasteiger partial charge in [0.2, 0.25) is 5.91 Å². The third-order valence-electron chi connectivity index (χ3n) is 5.31. The lowest BCUT2D eigenvalue weighted by molar-refractivity contribution is -0.115. The molecular weight excluding hydrogens is 374 g/mol. The predicted molar refractivity (Wildman–Crippen MR) is 109 cm³/mol. The van der Waals surface area contributed by atoms with Crippen molar-refractivity contribution in [2.75, 3.05) is 4.31 Å². The van der Waals surface area contributed by atoms with Crippen LogP contribution in [0.4, 0.5) is 5.69 Å². The number of fused-ring (bicyclic) bond motifs is 3. The number of nitrogens with zero attached hydrogens (tertiary/aromatic N) is 1. The second kappa shape index (κ2) is 6.78. The first kappa shape index (κ1) is 18.7. The molecule has 4 rings (SSSR count). The highest BCUT2D eigenvalue weighted by Gasteiger charge is 2.31. The van der Waals surface area contributed by atoms with E-state index in [1.54, 1.807) is 43.3 Å². The standard InChI is InChI=1S/C22H23NO4S/c1-14-8-11-22(15(2)12-14)28(25,26)23(16(3)24)17-9-10-21-19(13-17)18-6-4-5-7-20(18)27-21/h8-13H,4-7H2,1-3H3. The highest BCUT2D eigenvalue weighted by Crippen LogP contribution is 2.35. The molecule has 0 fully saturated rings. The Morgan fingerprint density at radius 1 is 1.04 bits per heavy atom. The first-order valence-corrected chi connectivity index (χ1v) is 10.9. The normalized spacial score (nSPS) is 14.1. The number of anilines is 1. The minimum atomic E-state index is -4.02. The fraction of sp³-hybridized carbons (Fsp3) is 0.318. The number of aryl methyl sites for hydroxylation is 4. The minimum Gasteiger partial charge on any atom is -0.461 e. The number of hydrogen-bond acceptors (Lipinski definition) is 4. The summed E-state index contributed by atoms with van der Waals surface area (Å²) in [7, 11) is -4.02. The molecular formula is C22H23NO4S. The molecule has 28 heavy (non-hydrogen) atoms. The Morgan fingerprint density at radius 3 is 2.50 bits per heavy atom. The second-order valence-corrected chi connectivity index (χ2v) is 9.20. The molecule has 0 N–H and O–H groups in total. The van der Waals surface area contributed by atoms with Crippen LogP contribution in [0.2, 0.25) is 0 Å². The minimum absolute atomic E-state index is 0.141. The van der Waals surface area contributed by atoms with Gasteiger partial charge in [0.05, 0.1) is 10.6 Å². The van der Waals surface area contributed by atoms with Gasteiger partial charge in [-0.2, -0.15) is 0 Å². The van der Waals surface area contributed by atoms with Crippen LogP contribution in [-0.4, -0.2) is 14.3 Å². The van der Waals surface area contributed by atoms with Crippen molar-refractivity contribution in [3.05, 3.63) is 58.8 Å². The van der Waals surface area contributed by atoms with Crippen LogP contribution in [0, 0.1) is 13.8 Å². The molecule has 0 aliphatic heterocycles. The number of sulfonamides is 1. The van der Waals surface area contributed by atoms with E-state index in [1.165, 1.54) is 6.92 Å². The number of carbonyl (C=O) groups excluding carboxylic acids is 1. The number of hydrogen-bond donors (Lipinski definition) is 0. The summed E-state index contributed by atoms with van der Waals surface area (Å²) in [4.78, 5) is 12.6. The third kappa shape index (κ3) is 3.02. The quantitative estimate of drug-likeness (QED) is 0.644. The highest BCUT2D eigenvalue weighted by atomic mass is 32.2. The number of furan rings is 1. The van der Waals surface area contributed by atoms with Crippen LogP contribution in [0.5, 0.6) is 0 Å². The van der Waals surface area contributed by atoms with Gasteiger partial charge in [0.15, 0.2) is 0 Å². The molecule has 2 aromatic carbocycles. The van der Waals surface area contributed by atoms with Crippen molar-refractivity contribution >= 4 is 32.6 Å². The molecule has 1 aliphatic rings. The third-order valence-corrected chi connectivity index (χ3v) is 7.27. The van der Waals surface area contributed by atoms with Crippen molar-refractivity contribution in [3.8, 4) is 0 Å². The summed E-state index contributed by atoms with van der Waals surface area (Å²) in [5, 5.41) is 0.897. The van der Waals surface area contributed by atoms with E-state index in [-0.39, 0.29) is 4.90 Å². The largest absolute Gasteiger partial charge is 0.461 e. The summed E-state index contributed by atoms with van der Waals surface area (Å²) in [5.74, 6) is 0.432. The lowest BCUT2D eigenvalue weighted by Crippen LogP contribution is -2.35. The summed E-state index contributed by atoms with van der Waals surface area (Å²) in [6, 6.07) is 10.3. The fourth-order valence-corrected chi connectivity index (χ4v) is 5.69. The van der Waals surface area contributed by atoms with Crippen LogP contribution in [-0.2, 0) is 27.7 Å². The van der Waals surface area contributed by atoms with Gasteiger partial charge in [0, 0.05) is 24.3 Å². The van der Waals surface area contributed by atoms with Crippen LogP contribution in [0.15, 0.2) is 45.7 Å². The van der Waals surface area contributed by atoms with Crippen molar-refractivity contribution in [2.24, 2.45) is 0 Å².